The van der Waals surface area contributed by atoms with Gasteiger partial charge in [0, 0.05) is 6.61 Å². The van der Waals surface area contributed by atoms with E-state index in [1.54, 1.807) is 0 Å². The molecule has 0 saturated carbocycles. The second-order valence-corrected chi connectivity index (χ2v) is 10.9. The molecule has 0 aromatic rings. The summed E-state index contributed by atoms with van der Waals surface area (Å²) in [6, 6.07) is 1.15. The molecule has 0 aromatic carbocycles. The second kappa shape index (κ2) is 7.59. The summed E-state index contributed by atoms with van der Waals surface area (Å²) in [6.07, 6.45) is 1.05. The van der Waals surface area contributed by atoms with Gasteiger partial charge in [-0.25, -0.2) is 0 Å². The van der Waals surface area contributed by atoms with Gasteiger partial charge in [-0.05, 0) is 38.7 Å². The van der Waals surface area contributed by atoms with Crippen molar-refractivity contribution in [1.82, 2.24) is 0 Å². The zero-order valence-electron chi connectivity index (χ0n) is 9.80. The number of aliphatic hydroxyl groups excluding tert-OH is 1. The predicted molar refractivity (Wildman–Crippen MR) is 63.4 cm³/mol. The van der Waals surface area contributed by atoms with E-state index in [0.717, 1.165) is 19.1 Å². The summed E-state index contributed by atoms with van der Waals surface area (Å²) in [5, 5.41) is 8.51. The van der Waals surface area contributed by atoms with E-state index in [1.807, 2.05) is 0 Å². The minimum absolute atomic E-state index is 0.119. The van der Waals surface area contributed by atoms with Gasteiger partial charge in [0.25, 0.3) is 0 Å². The van der Waals surface area contributed by atoms with E-state index >= 15 is 0 Å². The molecule has 0 saturated heterocycles. The Morgan fingerprint density at radius 2 is 1.86 bits per heavy atom. The van der Waals surface area contributed by atoms with E-state index in [4.69, 9.17) is 14.0 Å². The first-order valence-corrected chi connectivity index (χ1v) is 10.7. The first-order valence-electron chi connectivity index (χ1n) is 5.16. The van der Waals surface area contributed by atoms with Crippen LogP contribution in [0, 0.1) is 0 Å². The fourth-order valence-electron chi connectivity index (χ4n) is 1.37. The number of ether oxygens (including phenoxy) is 1. The maximum Gasteiger partial charge on any atom is 0.191 e. The molecule has 14 heavy (non-hydrogen) atoms. The molecule has 0 aliphatic rings. The molecule has 0 aliphatic heterocycles. The lowest BCUT2D eigenvalue weighted by Crippen LogP contribution is -2.35. The summed E-state index contributed by atoms with van der Waals surface area (Å²) in [6.45, 7) is 10.2. The molecule has 0 bridgehead atoms. The summed E-state index contributed by atoms with van der Waals surface area (Å²) in [7, 11) is -1.98. The van der Waals surface area contributed by atoms with E-state index in [9.17, 15) is 0 Å². The highest BCUT2D eigenvalue weighted by atomic mass is 28.4. The Labute approximate surface area is 90.3 Å². The molecule has 0 aliphatic carbocycles. The maximum absolute atomic E-state index is 8.51. The van der Waals surface area contributed by atoms with Crippen molar-refractivity contribution in [3.8, 4) is 0 Å². The van der Waals surface area contributed by atoms with Crippen LogP contribution in [0.25, 0.3) is 0 Å². The molecule has 1 radical (unpaired) electrons. The monoisotopic (exact) mass is 235 g/mol. The molecule has 0 spiro atoms. The van der Waals surface area contributed by atoms with Crippen molar-refractivity contribution in [3.63, 3.8) is 0 Å². The molecule has 1 N–H and O–H groups in total. The van der Waals surface area contributed by atoms with Gasteiger partial charge in [-0.3, -0.25) is 0 Å². The van der Waals surface area contributed by atoms with Gasteiger partial charge in [0.15, 0.2) is 17.4 Å². The van der Waals surface area contributed by atoms with Crippen LogP contribution in [-0.2, 0) is 8.85 Å². The Bertz CT molecular complexity index is 140. The zero-order valence-corrected chi connectivity index (χ0v) is 11.8. The van der Waals surface area contributed by atoms with Crippen LogP contribution < -0.4 is 0 Å². The third kappa shape index (κ3) is 8.89. The number of aliphatic hydroxyl groups is 1. The molecule has 0 amide bonds. The average Bonchev–Trinajstić information content (AvgIpc) is 2.01. The van der Waals surface area contributed by atoms with Crippen LogP contribution in [-0.4, -0.2) is 42.3 Å². The minimum Gasteiger partial charge on any atom is -0.456 e. The van der Waals surface area contributed by atoms with Crippen LogP contribution in [0.4, 0.5) is 0 Å². The van der Waals surface area contributed by atoms with Gasteiger partial charge in [0.05, 0.1) is 13.2 Å². The number of hydrogen-bond acceptors (Lipinski definition) is 3. The molecule has 0 fully saturated rings. The maximum atomic E-state index is 8.51. The van der Waals surface area contributed by atoms with E-state index in [-0.39, 0.29) is 6.61 Å². The average molecular weight is 235 g/mol. The Morgan fingerprint density at radius 1 is 1.21 bits per heavy atom. The summed E-state index contributed by atoms with van der Waals surface area (Å²) >= 11 is 0. The molecule has 0 unspecified atom stereocenters. The van der Waals surface area contributed by atoms with Crippen LogP contribution in [0.5, 0.6) is 0 Å². The zero-order chi connectivity index (χ0) is 11.0. The van der Waals surface area contributed by atoms with Gasteiger partial charge < -0.3 is 14.0 Å². The fraction of sp³-hybridized carbons (Fsp3) is 1.00. The predicted octanol–water partition coefficient (Wildman–Crippen LogP) is 1.86. The van der Waals surface area contributed by atoms with Crippen LogP contribution >= 0.6 is 0 Å². The molecule has 5 heteroatoms. The van der Waals surface area contributed by atoms with Gasteiger partial charge in [-0.15, -0.1) is 0 Å². The van der Waals surface area contributed by atoms with Gasteiger partial charge in [-0.1, -0.05) is 0 Å². The van der Waals surface area contributed by atoms with E-state index in [2.05, 4.69) is 26.2 Å². The number of rotatable bonds is 8. The SMILES string of the molecule is C[Si](C)O[Si](C)(C)CCCOCCO. The van der Waals surface area contributed by atoms with Crippen molar-refractivity contribution in [1.29, 1.82) is 0 Å². The molecule has 0 heterocycles. The lowest BCUT2D eigenvalue weighted by molar-refractivity contribution is 0.0924. The lowest BCUT2D eigenvalue weighted by atomic mass is 10.5. The van der Waals surface area contributed by atoms with Gasteiger partial charge in [0.2, 0.25) is 0 Å². The third-order valence-corrected chi connectivity index (χ3v) is 7.18. The Morgan fingerprint density at radius 3 is 2.36 bits per heavy atom. The van der Waals surface area contributed by atoms with Crippen LogP contribution in [0.3, 0.4) is 0 Å². The van der Waals surface area contributed by atoms with E-state index in [1.165, 1.54) is 0 Å². The van der Waals surface area contributed by atoms with E-state index < -0.39 is 17.4 Å². The van der Waals surface area contributed by atoms with Crippen LogP contribution in [0.1, 0.15) is 6.42 Å². The first-order chi connectivity index (χ1) is 6.48. The topological polar surface area (TPSA) is 38.7 Å². The smallest absolute Gasteiger partial charge is 0.191 e. The normalized spacial score (nSPS) is 12.4. The summed E-state index contributed by atoms with van der Waals surface area (Å²) < 4.78 is 11.2. The lowest BCUT2D eigenvalue weighted by Gasteiger charge is -2.25. The Hall–Kier alpha value is 0.314. The van der Waals surface area contributed by atoms with Gasteiger partial charge in [-0.2, -0.15) is 0 Å². The summed E-state index contributed by atoms with van der Waals surface area (Å²) in [5.41, 5.74) is 0. The Kier molecular flexibility index (Phi) is 7.76. The first kappa shape index (κ1) is 14.3. The highest BCUT2D eigenvalue weighted by Crippen LogP contribution is 2.14. The van der Waals surface area contributed by atoms with Crippen molar-refractivity contribution < 1.29 is 14.0 Å². The molecular formula is C9H23O3Si2. The largest absolute Gasteiger partial charge is 0.456 e. The molecule has 0 rings (SSSR count). The van der Waals surface area contributed by atoms with Crippen LogP contribution in [0.15, 0.2) is 0 Å². The van der Waals surface area contributed by atoms with Crippen molar-refractivity contribution in [3.05, 3.63) is 0 Å². The molecule has 0 atom stereocenters. The second-order valence-electron chi connectivity index (χ2n) is 4.21. The van der Waals surface area contributed by atoms with Crippen molar-refractivity contribution in [2.75, 3.05) is 19.8 Å². The third-order valence-electron chi connectivity index (χ3n) is 1.78. The van der Waals surface area contributed by atoms with Crippen molar-refractivity contribution in [2.45, 2.75) is 38.7 Å². The van der Waals surface area contributed by atoms with Crippen molar-refractivity contribution in [2.24, 2.45) is 0 Å². The van der Waals surface area contributed by atoms with E-state index in [0.29, 0.717) is 6.61 Å². The standard InChI is InChI=1S/C9H23O3Si2/c1-13(2)12-14(3,4)9-5-7-11-8-6-10/h10H,5-9H2,1-4H3. The van der Waals surface area contributed by atoms with Gasteiger partial charge >= 0.3 is 0 Å². The molecule has 0 aromatic heterocycles. The Balaban J connectivity index is 3.45. The quantitative estimate of drug-likeness (QED) is 0.515. The highest BCUT2D eigenvalue weighted by molar-refractivity contribution is 6.77. The van der Waals surface area contributed by atoms with Crippen LogP contribution in [0.2, 0.25) is 32.2 Å². The molecular weight excluding hydrogens is 212 g/mol. The fourth-order valence-corrected chi connectivity index (χ4v) is 7.19. The summed E-state index contributed by atoms with van der Waals surface area (Å²) in [4.78, 5) is 0. The molecule has 3 nitrogen and oxygen atoms in total. The number of hydrogen-bond donors (Lipinski definition) is 1. The van der Waals surface area contributed by atoms with Gasteiger partial charge in [0.1, 0.15) is 0 Å². The summed E-state index contributed by atoms with van der Waals surface area (Å²) in [5.74, 6) is 0. The highest BCUT2D eigenvalue weighted by Gasteiger charge is 2.22. The van der Waals surface area contributed by atoms with Crippen molar-refractivity contribution >= 4 is 17.4 Å². The molecule has 85 valence electrons. The minimum atomic E-state index is -1.42.